The standard InChI is InChI=1S/C13H14O3S/c1-9-5-6-12(13(15)16)8-11(9)4-3-7-17-10(2)14/h3-6,8H,7H2,1-2H3,(H,15,16). The van der Waals surface area contributed by atoms with Gasteiger partial charge in [0.25, 0.3) is 0 Å². The highest BCUT2D eigenvalue weighted by Gasteiger charge is 2.03. The zero-order valence-electron chi connectivity index (χ0n) is 9.77. The van der Waals surface area contributed by atoms with E-state index >= 15 is 0 Å². The Balaban J connectivity index is 2.79. The number of aromatic carboxylic acids is 1. The molecule has 3 nitrogen and oxygen atoms in total. The molecule has 0 spiro atoms. The van der Waals surface area contributed by atoms with Crippen molar-refractivity contribution >= 4 is 28.9 Å². The monoisotopic (exact) mass is 250 g/mol. The fourth-order valence-corrected chi connectivity index (χ4v) is 1.72. The summed E-state index contributed by atoms with van der Waals surface area (Å²) < 4.78 is 0. The van der Waals surface area contributed by atoms with E-state index in [1.807, 2.05) is 19.1 Å². The van der Waals surface area contributed by atoms with Crippen LogP contribution in [-0.4, -0.2) is 21.9 Å². The Kier molecular flexibility index (Phi) is 4.97. The minimum Gasteiger partial charge on any atom is -0.478 e. The maximum absolute atomic E-state index is 10.8. The average Bonchev–Trinajstić information content (AvgIpc) is 2.25. The first-order valence-electron chi connectivity index (χ1n) is 5.14. The summed E-state index contributed by atoms with van der Waals surface area (Å²) >= 11 is 1.22. The molecule has 0 aliphatic carbocycles. The molecule has 90 valence electrons. The molecule has 1 N–H and O–H groups in total. The largest absolute Gasteiger partial charge is 0.478 e. The van der Waals surface area contributed by atoms with Crippen LogP contribution in [0.3, 0.4) is 0 Å². The van der Waals surface area contributed by atoms with E-state index in [0.717, 1.165) is 11.1 Å². The van der Waals surface area contributed by atoms with Crippen LogP contribution in [-0.2, 0) is 4.79 Å². The maximum Gasteiger partial charge on any atom is 0.335 e. The lowest BCUT2D eigenvalue weighted by atomic mass is 10.0. The Morgan fingerprint density at radius 3 is 2.71 bits per heavy atom. The van der Waals surface area contributed by atoms with Gasteiger partial charge in [0.15, 0.2) is 5.12 Å². The summed E-state index contributed by atoms with van der Waals surface area (Å²) in [6.45, 7) is 3.44. The van der Waals surface area contributed by atoms with Crippen molar-refractivity contribution in [1.82, 2.24) is 0 Å². The normalized spacial score (nSPS) is 10.7. The van der Waals surface area contributed by atoms with E-state index < -0.39 is 5.97 Å². The van der Waals surface area contributed by atoms with Crippen LogP contribution in [0.1, 0.15) is 28.4 Å². The van der Waals surface area contributed by atoms with Crippen LogP contribution in [0.2, 0.25) is 0 Å². The van der Waals surface area contributed by atoms with Crippen LogP contribution in [0.25, 0.3) is 6.08 Å². The summed E-state index contributed by atoms with van der Waals surface area (Å²) in [6.07, 6.45) is 3.71. The van der Waals surface area contributed by atoms with Gasteiger partial charge >= 0.3 is 5.97 Å². The van der Waals surface area contributed by atoms with Crippen molar-refractivity contribution in [2.24, 2.45) is 0 Å². The summed E-state index contributed by atoms with van der Waals surface area (Å²) in [5.41, 5.74) is 2.16. The number of hydrogen-bond donors (Lipinski definition) is 1. The highest BCUT2D eigenvalue weighted by Crippen LogP contribution is 2.14. The van der Waals surface area contributed by atoms with Crippen molar-refractivity contribution in [2.75, 3.05) is 5.75 Å². The highest BCUT2D eigenvalue weighted by molar-refractivity contribution is 8.13. The van der Waals surface area contributed by atoms with Gasteiger partial charge in [0.1, 0.15) is 0 Å². The van der Waals surface area contributed by atoms with E-state index in [0.29, 0.717) is 5.75 Å². The Morgan fingerprint density at radius 1 is 1.41 bits per heavy atom. The lowest BCUT2D eigenvalue weighted by molar-refractivity contribution is -0.109. The number of thioether (sulfide) groups is 1. The third kappa shape index (κ3) is 4.44. The van der Waals surface area contributed by atoms with E-state index in [9.17, 15) is 9.59 Å². The van der Waals surface area contributed by atoms with Gasteiger partial charge in [0, 0.05) is 12.7 Å². The van der Waals surface area contributed by atoms with E-state index in [2.05, 4.69) is 0 Å². The van der Waals surface area contributed by atoms with Crippen LogP contribution in [0.5, 0.6) is 0 Å². The third-order valence-corrected chi connectivity index (χ3v) is 2.97. The number of carboxylic acids is 1. The van der Waals surface area contributed by atoms with E-state index in [1.165, 1.54) is 18.7 Å². The fraction of sp³-hybridized carbons (Fsp3) is 0.231. The van der Waals surface area contributed by atoms with Crippen molar-refractivity contribution in [3.8, 4) is 0 Å². The molecule has 1 aromatic carbocycles. The quantitative estimate of drug-likeness (QED) is 0.892. The van der Waals surface area contributed by atoms with Crippen LogP contribution in [0, 0.1) is 6.92 Å². The predicted octanol–water partition coefficient (Wildman–Crippen LogP) is 2.99. The van der Waals surface area contributed by atoms with Gasteiger partial charge < -0.3 is 5.11 Å². The number of benzene rings is 1. The summed E-state index contributed by atoms with van der Waals surface area (Å²) in [5.74, 6) is -0.329. The van der Waals surface area contributed by atoms with Crippen LogP contribution < -0.4 is 0 Å². The first-order valence-corrected chi connectivity index (χ1v) is 6.13. The van der Waals surface area contributed by atoms with E-state index in [1.54, 1.807) is 18.2 Å². The van der Waals surface area contributed by atoms with Gasteiger partial charge in [0.05, 0.1) is 5.56 Å². The lowest BCUT2D eigenvalue weighted by Gasteiger charge is -2.02. The van der Waals surface area contributed by atoms with Crippen molar-refractivity contribution in [3.05, 3.63) is 41.0 Å². The molecular weight excluding hydrogens is 236 g/mol. The number of carbonyl (C=O) groups is 2. The molecule has 0 saturated carbocycles. The zero-order chi connectivity index (χ0) is 12.8. The number of aryl methyl sites for hydroxylation is 1. The summed E-state index contributed by atoms with van der Waals surface area (Å²) in [7, 11) is 0. The van der Waals surface area contributed by atoms with Crippen LogP contribution >= 0.6 is 11.8 Å². The summed E-state index contributed by atoms with van der Waals surface area (Å²) in [4.78, 5) is 21.5. The Bertz CT molecular complexity index is 464. The van der Waals surface area contributed by atoms with E-state index in [-0.39, 0.29) is 10.7 Å². The molecular formula is C13H14O3S. The van der Waals surface area contributed by atoms with Crippen molar-refractivity contribution in [2.45, 2.75) is 13.8 Å². The number of carbonyl (C=O) groups excluding carboxylic acids is 1. The molecule has 17 heavy (non-hydrogen) atoms. The molecule has 0 saturated heterocycles. The molecule has 0 heterocycles. The Labute approximate surface area is 105 Å². The summed E-state index contributed by atoms with van der Waals surface area (Å²) in [6, 6.07) is 4.99. The van der Waals surface area contributed by atoms with Gasteiger partial charge in [-0.1, -0.05) is 30.0 Å². The summed E-state index contributed by atoms with van der Waals surface area (Å²) in [5, 5.41) is 8.95. The first-order chi connectivity index (χ1) is 8.00. The molecule has 4 heteroatoms. The van der Waals surface area contributed by atoms with Gasteiger partial charge in [-0.05, 0) is 30.2 Å². The zero-order valence-corrected chi connectivity index (χ0v) is 10.6. The van der Waals surface area contributed by atoms with Crippen LogP contribution in [0.15, 0.2) is 24.3 Å². The SMILES string of the molecule is CC(=O)SCC=Cc1cc(C(=O)O)ccc1C. The Hall–Kier alpha value is -1.55. The van der Waals surface area contributed by atoms with Gasteiger partial charge in [0.2, 0.25) is 0 Å². The average molecular weight is 250 g/mol. The highest BCUT2D eigenvalue weighted by atomic mass is 32.2. The number of carboxylic acid groups (broad SMARTS) is 1. The van der Waals surface area contributed by atoms with Crippen molar-refractivity contribution < 1.29 is 14.7 Å². The molecule has 1 aromatic rings. The first kappa shape index (κ1) is 13.5. The Morgan fingerprint density at radius 2 is 2.12 bits per heavy atom. The lowest BCUT2D eigenvalue weighted by Crippen LogP contribution is -1.97. The fourth-order valence-electron chi connectivity index (χ4n) is 1.29. The van der Waals surface area contributed by atoms with Gasteiger partial charge in [-0.2, -0.15) is 0 Å². The predicted molar refractivity (Wildman–Crippen MR) is 70.3 cm³/mol. The van der Waals surface area contributed by atoms with Gasteiger partial charge in [-0.15, -0.1) is 0 Å². The van der Waals surface area contributed by atoms with Gasteiger partial charge in [-0.3, -0.25) is 4.79 Å². The second-order valence-corrected chi connectivity index (χ2v) is 4.78. The molecule has 0 bridgehead atoms. The molecule has 0 fully saturated rings. The van der Waals surface area contributed by atoms with Gasteiger partial charge in [-0.25, -0.2) is 4.79 Å². The second-order valence-electron chi connectivity index (χ2n) is 3.58. The molecule has 0 aromatic heterocycles. The smallest absolute Gasteiger partial charge is 0.335 e. The number of rotatable bonds is 4. The molecule has 0 aliphatic heterocycles. The van der Waals surface area contributed by atoms with Crippen molar-refractivity contribution in [3.63, 3.8) is 0 Å². The maximum atomic E-state index is 10.8. The molecule has 1 rings (SSSR count). The number of hydrogen-bond acceptors (Lipinski definition) is 3. The molecule has 0 unspecified atom stereocenters. The topological polar surface area (TPSA) is 54.4 Å². The molecule has 0 radical (unpaired) electrons. The van der Waals surface area contributed by atoms with Crippen molar-refractivity contribution in [1.29, 1.82) is 0 Å². The minimum atomic E-state index is -0.933. The molecule has 0 aliphatic rings. The van der Waals surface area contributed by atoms with Crippen LogP contribution in [0.4, 0.5) is 0 Å². The van der Waals surface area contributed by atoms with E-state index in [4.69, 9.17) is 5.11 Å². The molecule has 0 atom stereocenters. The molecule has 0 amide bonds. The second kappa shape index (κ2) is 6.25. The minimum absolute atomic E-state index is 0.0747. The third-order valence-electron chi connectivity index (χ3n) is 2.21.